The highest BCUT2D eigenvalue weighted by Gasteiger charge is 2.20. The Balaban J connectivity index is 2.10. The second-order valence-electron chi connectivity index (χ2n) is 2.90. The first-order chi connectivity index (χ1) is 5.64. The molecule has 0 aromatic carbocycles. The molecule has 0 heterocycles. The number of nitrogens with one attached hydrogen (secondary N) is 2. The molecule has 0 aromatic rings. The minimum Gasteiger partial charge on any atom is -0.313 e. The van der Waals surface area contributed by atoms with Gasteiger partial charge in [-0.25, -0.2) is 13.1 Å². The van der Waals surface area contributed by atoms with Crippen LogP contribution < -0.4 is 10.0 Å². The third-order valence-electron chi connectivity index (χ3n) is 1.68. The van der Waals surface area contributed by atoms with E-state index < -0.39 is 10.0 Å². The summed E-state index contributed by atoms with van der Waals surface area (Å²) >= 11 is 0. The molecule has 1 aliphatic carbocycles. The van der Waals surface area contributed by atoms with Crippen LogP contribution in [0, 0.1) is 6.92 Å². The fourth-order valence-electron chi connectivity index (χ4n) is 0.884. The second-order valence-corrected chi connectivity index (χ2v) is 4.82. The molecule has 0 unspecified atom stereocenters. The Bertz CT molecular complexity index is 222. The first kappa shape index (κ1) is 9.95. The lowest BCUT2D eigenvalue weighted by atomic mass is 10.6. The second kappa shape index (κ2) is 4.20. The topological polar surface area (TPSA) is 58.2 Å². The van der Waals surface area contributed by atoms with Gasteiger partial charge in [0, 0.05) is 19.1 Å². The van der Waals surface area contributed by atoms with Gasteiger partial charge in [0.05, 0.1) is 5.75 Å². The summed E-state index contributed by atoms with van der Waals surface area (Å²) in [6.45, 7) is 5.54. The van der Waals surface area contributed by atoms with Crippen molar-refractivity contribution in [2.24, 2.45) is 0 Å². The van der Waals surface area contributed by atoms with Gasteiger partial charge in [-0.2, -0.15) is 0 Å². The molecule has 12 heavy (non-hydrogen) atoms. The molecule has 1 saturated carbocycles. The molecule has 1 aliphatic rings. The van der Waals surface area contributed by atoms with Crippen molar-refractivity contribution in [3.63, 3.8) is 0 Å². The summed E-state index contributed by atoms with van der Waals surface area (Å²) in [4.78, 5) is 0. The molecule has 5 heteroatoms. The highest BCUT2D eigenvalue weighted by atomic mass is 32.2. The lowest BCUT2D eigenvalue weighted by molar-refractivity contribution is 0.580. The fourth-order valence-corrected chi connectivity index (χ4v) is 1.67. The van der Waals surface area contributed by atoms with Gasteiger partial charge in [-0.15, -0.1) is 0 Å². The van der Waals surface area contributed by atoms with Crippen molar-refractivity contribution in [2.75, 3.05) is 18.8 Å². The minimum absolute atomic E-state index is 0.0221. The molecule has 0 atom stereocenters. The van der Waals surface area contributed by atoms with Crippen LogP contribution in [0.2, 0.25) is 0 Å². The zero-order valence-electron chi connectivity index (χ0n) is 6.91. The van der Waals surface area contributed by atoms with Crippen molar-refractivity contribution < 1.29 is 8.42 Å². The highest BCUT2D eigenvalue weighted by Crippen LogP contribution is 2.17. The molecule has 0 saturated heterocycles. The van der Waals surface area contributed by atoms with Gasteiger partial charge in [0.1, 0.15) is 0 Å². The van der Waals surface area contributed by atoms with Crippen LogP contribution in [0.4, 0.5) is 0 Å². The summed E-state index contributed by atoms with van der Waals surface area (Å²) in [5, 5.41) is 3.11. The highest BCUT2D eigenvalue weighted by molar-refractivity contribution is 7.89. The van der Waals surface area contributed by atoms with Crippen LogP contribution in [0.5, 0.6) is 0 Å². The molecule has 0 aliphatic heterocycles. The molecular formula is C7H14N2O2S. The first-order valence-corrected chi connectivity index (χ1v) is 5.70. The summed E-state index contributed by atoms with van der Waals surface area (Å²) in [7, 11) is -3.14. The molecule has 0 amide bonds. The van der Waals surface area contributed by atoms with Crippen LogP contribution in [-0.2, 0) is 10.0 Å². The van der Waals surface area contributed by atoms with Gasteiger partial charge in [-0.3, -0.25) is 0 Å². The smallest absolute Gasteiger partial charge is 0.212 e. The maximum absolute atomic E-state index is 11.0. The van der Waals surface area contributed by atoms with Crippen molar-refractivity contribution in [3.8, 4) is 0 Å². The van der Waals surface area contributed by atoms with E-state index in [1.54, 1.807) is 0 Å². The third kappa shape index (κ3) is 4.04. The molecule has 1 rings (SSSR count). The average molecular weight is 190 g/mol. The minimum atomic E-state index is -3.14. The van der Waals surface area contributed by atoms with Gasteiger partial charge in [-0.05, 0) is 19.8 Å². The summed E-state index contributed by atoms with van der Waals surface area (Å²) in [6.07, 6.45) is 2.34. The van der Waals surface area contributed by atoms with E-state index in [1.807, 2.05) is 0 Å². The van der Waals surface area contributed by atoms with Gasteiger partial charge < -0.3 is 5.32 Å². The largest absolute Gasteiger partial charge is 0.313 e. The van der Waals surface area contributed by atoms with Gasteiger partial charge in [0.25, 0.3) is 0 Å². The van der Waals surface area contributed by atoms with E-state index in [2.05, 4.69) is 10.0 Å². The van der Waals surface area contributed by atoms with Crippen LogP contribution in [-0.4, -0.2) is 33.3 Å². The van der Waals surface area contributed by atoms with Gasteiger partial charge in [0.15, 0.2) is 0 Å². The van der Waals surface area contributed by atoms with Gasteiger partial charge in [0.2, 0.25) is 10.0 Å². The SMILES string of the molecule is [CH]CNS(=O)(=O)CCNC1CC1. The van der Waals surface area contributed by atoms with E-state index in [9.17, 15) is 8.42 Å². The molecule has 0 bridgehead atoms. The Morgan fingerprint density at radius 3 is 2.58 bits per heavy atom. The number of hydrogen-bond acceptors (Lipinski definition) is 3. The van der Waals surface area contributed by atoms with Crippen LogP contribution in [0.3, 0.4) is 0 Å². The Kier molecular flexibility index (Phi) is 3.49. The quantitative estimate of drug-likeness (QED) is 0.586. The van der Waals surface area contributed by atoms with Crippen molar-refractivity contribution in [3.05, 3.63) is 6.92 Å². The molecule has 1 fully saturated rings. The Morgan fingerprint density at radius 1 is 1.42 bits per heavy atom. The Labute approximate surface area is 73.8 Å². The fraction of sp³-hybridized carbons (Fsp3) is 0.857. The maximum Gasteiger partial charge on any atom is 0.212 e. The molecular weight excluding hydrogens is 176 g/mol. The van der Waals surface area contributed by atoms with Crippen LogP contribution in [0.15, 0.2) is 0 Å². The lowest BCUT2D eigenvalue weighted by Gasteiger charge is -2.04. The van der Waals surface area contributed by atoms with Crippen molar-refractivity contribution in [1.82, 2.24) is 10.0 Å². The summed E-state index contributed by atoms with van der Waals surface area (Å²) in [6, 6.07) is 0.554. The van der Waals surface area contributed by atoms with E-state index in [0.717, 1.165) is 0 Å². The van der Waals surface area contributed by atoms with E-state index >= 15 is 0 Å². The maximum atomic E-state index is 11.0. The molecule has 4 nitrogen and oxygen atoms in total. The predicted octanol–water partition coefficient (Wildman–Crippen LogP) is -0.631. The lowest BCUT2D eigenvalue weighted by Crippen LogP contribution is -2.32. The monoisotopic (exact) mass is 190 g/mol. The zero-order valence-corrected chi connectivity index (χ0v) is 7.73. The first-order valence-electron chi connectivity index (χ1n) is 4.05. The van der Waals surface area contributed by atoms with Crippen molar-refractivity contribution >= 4 is 10.0 Å². The van der Waals surface area contributed by atoms with E-state index in [0.29, 0.717) is 12.6 Å². The van der Waals surface area contributed by atoms with E-state index in [1.165, 1.54) is 12.8 Å². The number of rotatable bonds is 6. The number of hydrogen-bond donors (Lipinski definition) is 2. The van der Waals surface area contributed by atoms with Gasteiger partial charge >= 0.3 is 0 Å². The molecule has 2 N–H and O–H groups in total. The molecule has 0 spiro atoms. The van der Waals surface area contributed by atoms with Crippen LogP contribution >= 0.6 is 0 Å². The number of sulfonamides is 1. The predicted molar refractivity (Wildman–Crippen MR) is 47.1 cm³/mol. The molecule has 2 radical (unpaired) electrons. The van der Waals surface area contributed by atoms with E-state index in [4.69, 9.17) is 6.92 Å². The van der Waals surface area contributed by atoms with Crippen molar-refractivity contribution in [1.29, 1.82) is 0 Å². The summed E-state index contributed by atoms with van der Waals surface area (Å²) in [5.74, 6) is 0.112. The van der Waals surface area contributed by atoms with Gasteiger partial charge in [-0.1, -0.05) is 0 Å². The molecule has 70 valence electrons. The standard InChI is InChI=1S/C7H14N2O2S/c1-2-9-12(10,11)6-5-8-7-3-4-7/h1,7-9H,2-6H2. The van der Waals surface area contributed by atoms with Crippen LogP contribution in [0.1, 0.15) is 12.8 Å². The van der Waals surface area contributed by atoms with Crippen LogP contribution in [0.25, 0.3) is 0 Å². The normalized spacial score (nSPS) is 18.1. The summed E-state index contributed by atoms with van der Waals surface area (Å²) < 4.78 is 24.2. The molecule has 0 aromatic heterocycles. The average Bonchev–Trinajstić information content (AvgIpc) is 2.70. The summed E-state index contributed by atoms with van der Waals surface area (Å²) in [5.41, 5.74) is 0. The third-order valence-corrected chi connectivity index (χ3v) is 3.03. The van der Waals surface area contributed by atoms with E-state index in [-0.39, 0.29) is 12.3 Å². The Morgan fingerprint density at radius 2 is 2.08 bits per heavy atom. The van der Waals surface area contributed by atoms with Crippen molar-refractivity contribution in [2.45, 2.75) is 18.9 Å². The zero-order chi connectivity index (χ0) is 9.03. The Hall–Kier alpha value is -0.130.